The Morgan fingerprint density at radius 3 is 2.59 bits per heavy atom. The van der Waals surface area contributed by atoms with E-state index in [1.54, 1.807) is 23.7 Å². The van der Waals surface area contributed by atoms with Crippen LogP contribution in [0, 0.1) is 19.7 Å². The molecule has 2 aromatic rings. The molecule has 0 saturated carbocycles. The number of hydrogen-bond donors (Lipinski definition) is 0. The Kier molecular flexibility index (Phi) is 4.45. The van der Waals surface area contributed by atoms with Crippen molar-refractivity contribution in [1.29, 1.82) is 0 Å². The predicted octanol–water partition coefficient (Wildman–Crippen LogP) is 3.42. The second kappa shape index (κ2) is 6.13. The molecule has 2 rings (SSSR count). The number of benzene rings is 1. The zero-order chi connectivity index (χ0) is 16.4. The highest BCUT2D eigenvalue weighted by Gasteiger charge is 2.16. The fourth-order valence-electron chi connectivity index (χ4n) is 2.44. The standard InChI is InChI=1S/C17H19FN2O2/c1-10(8-16(21)22-5)13-6-7-15(18)14(9-13)17-11(2)19-20(4)12(17)3/h6-9H,1-5H3/b10-8+. The molecule has 1 aromatic carbocycles. The first-order valence-electron chi connectivity index (χ1n) is 6.92. The molecule has 0 radical (unpaired) electrons. The lowest BCUT2D eigenvalue weighted by molar-refractivity contribution is -0.134. The Morgan fingerprint density at radius 1 is 1.36 bits per heavy atom. The first kappa shape index (κ1) is 15.9. The van der Waals surface area contributed by atoms with Crippen molar-refractivity contribution < 1.29 is 13.9 Å². The van der Waals surface area contributed by atoms with Gasteiger partial charge in [0.1, 0.15) is 5.82 Å². The predicted molar refractivity (Wildman–Crippen MR) is 83.7 cm³/mol. The maximum atomic E-state index is 14.3. The second-order valence-corrected chi connectivity index (χ2v) is 5.21. The van der Waals surface area contributed by atoms with E-state index in [2.05, 4.69) is 9.84 Å². The summed E-state index contributed by atoms with van der Waals surface area (Å²) in [7, 11) is 3.15. The number of nitrogens with zero attached hydrogens (tertiary/aromatic N) is 2. The molecule has 0 saturated heterocycles. The van der Waals surface area contributed by atoms with Crippen molar-refractivity contribution in [3.63, 3.8) is 0 Å². The summed E-state index contributed by atoms with van der Waals surface area (Å²) in [6.45, 7) is 5.54. The fraction of sp³-hybridized carbons (Fsp3) is 0.294. The van der Waals surface area contributed by atoms with E-state index < -0.39 is 5.97 Å². The summed E-state index contributed by atoms with van der Waals surface area (Å²) < 4.78 is 20.6. The molecule has 1 aromatic heterocycles. The zero-order valence-electron chi connectivity index (χ0n) is 13.4. The number of carbonyl (C=O) groups is 1. The SMILES string of the molecule is COC(=O)/C=C(\C)c1ccc(F)c(-c2c(C)nn(C)c2C)c1. The molecule has 0 fully saturated rings. The Hall–Kier alpha value is -2.43. The van der Waals surface area contributed by atoms with Crippen LogP contribution < -0.4 is 0 Å². The van der Waals surface area contributed by atoms with Crippen LogP contribution in [0.3, 0.4) is 0 Å². The van der Waals surface area contributed by atoms with E-state index in [1.807, 2.05) is 20.9 Å². The highest BCUT2D eigenvalue weighted by Crippen LogP contribution is 2.31. The van der Waals surface area contributed by atoms with Crippen LogP contribution in [0.2, 0.25) is 0 Å². The number of aryl methyl sites for hydroxylation is 2. The molecular formula is C17H19FN2O2. The molecule has 0 aliphatic heterocycles. The third-order valence-electron chi connectivity index (χ3n) is 3.74. The molecular weight excluding hydrogens is 283 g/mol. The number of carbonyl (C=O) groups excluding carboxylic acids is 1. The molecule has 4 nitrogen and oxygen atoms in total. The quantitative estimate of drug-likeness (QED) is 0.644. The lowest BCUT2D eigenvalue weighted by Gasteiger charge is -2.08. The Labute approximate surface area is 129 Å². The number of hydrogen-bond acceptors (Lipinski definition) is 3. The van der Waals surface area contributed by atoms with Gasteiger partial charge in [0, 0.05) is 29.9 Å². The molecule has 1 heterocycles. The number of aromatic nitrogens is 2. The third-order valence-corrected chi connectivity index (χ3v) is 3.74. The first-order valence-corrected chi connectivity index (χ1v) is 6.92. The van der Waals surface area contributed by atoms with Gasteiger partial charge in [-0.2, -0.15) is 5.10 Å². The lowest BCUT2D eigenvalue weighted by atomic mass is 9.98. The van der Waals surface area contributed by atoms with Crippen molar-refractivity contribution in [2.45, 2.75) is 20.8 Å². The van der Waals surface area contributed by atoms with Gasteiger partial charge in [-0.05, 0) is 44.0 Å². The second-order valence-electron chi connectivity index (χ2n) is 5.21. The molecule has 116 valence electrons. The first-order chi connectivity index (χ1) is 10.3. The number of halogens is 1. The van der Waals surface area contributed by atoms with Crippen molar-refractivity contribution in [2.75, 3.05) is 7.11 Å². The molecule has 0 atom stereocenters. The van der Waals surface area contributed by atoms with Crippen molar-refractivity contribution in [2.24, 2.45) is 7.05 Å². The van der Waals surface area contributed by atoms with Crippen LogP contribution in [0.5, 0.6) is 0 Å². The van der Waals surface area contributed by atoms with Crippen molar-refractivity contribution >= 4 is 11.5 Å². The van der Waals surface area contributed by atoms with Gasteiger partial charge in [-0.25, -0.2) is 9.18 Å². The Bertz CT molecular complexity index is 760. The van der Waals surface area contributed by atoms with E-state index in [0.717, 1.165) is 22.5 Å². The Morgan fingerprint density at radius 2 is 2.05 bits per heavy atom. The average Bonchev–Trinajstić information content (AvgIpc) is 2.72. The van der Waals surface area contributed by atoms with Gasteiger partial charge >= 0.3 is 5.97 Å². The van der Waals surface area contributed by atoms with Gasteiger partial charge in [-0.3, -0.25) is 4.68 Å². The molecule has 0 aliphatic rings. The third kappa shape index (κ3) is 2.93. The summed E-state index contributed by atoms with van der Waals surface area (Å²) in [5.74, 6) is -0.745. The van der Waals surface area contributed by atoms with Crippen molar-refractivity contribution in [1.82, 2.24) is 9.78 Å². The molecule has 0 spiro atoms. The number of rotatable bonds is 3. The summed E-state index contributed by atoms with van der Waals surface area (Å²) >= 11 is 0. The summed E-state index contributed by atoms with van der Waals surface area (Å²) in [4.78, 5) is 11.3. The van der Waals surface area contributed by atoms with Crippen molar-refractivity contribution in [3.8, 4) is 11.1 Å². The molecule has 0 unspecified atom stereocenters. The minimum atomic E-state index is -0.433. The minimum Gasteiger partial charge on any atom is -0.466 e. The van der Waals surface area contributed by atoms with E-state index in [1.165, 1.54) is 19.3 Å². The minimum absolute atomic E-state index is 0.311. The fourth-order valence-corrected chi connectivity index (χ4v) is 2.44. The summed E-state index contributed by atoms with van der Waals surface area (Å²) in [6, 6.07) is 4.79. The monoisotopic (exact) mass is 302 g/mol. The van der Waals surface area contributed by atoms with Crippen LogP contribution in [0.25, 0.3) is 16.7 Å². The largest absolute Gasteiger partial charge is 0.466 e. The van der Waals surface area contributed by atoms with Gasteiger partial charge < -0.3 is 4.74 Å². The smallest absolute Gasteiger partial charge is 0.330 e. The highest BCUT2D eigenvalue weighted by atomic mass is 19.1. The van der Waals surface area contributed by atoms with Gasteiger partial charge in [0.25, 0.3) is 0 Å². The summed E-state index contributed by atoms with van der Waals surface area (Å²) in [5.41, 5.74) is 4.41. The van der Waals surface area contributed by atoms with E-state index >= 15 is 0 Å². The maximum Gasteiger partial charge on any atom is 0.330 e. The van der Waals surface area contributed by atoms with Gasteiger partial charge in [0.05, 0.1) is 12.8 Å². The number of ether oxygens (including phenoxy) is 1. The lowest BCUT2D eigenvalue weighted by Crippen LogP contribution is -1.97. The van der Waals surface area contributed by atoms with Crippen LogP contribution in [-0.4, -0.2) is 22.9 Å². The van der Waals surface area contributed by atoms with Crippen LogP contribution in [-0.2, 0) is 16.6 Å². The molecule has 0 bridgehead atoms. The van der Waals surface area contributed by atoms with E-state index in [-0.39, 0.29) is 5.82 Å². The van der Waals surface area contributed by atoms with Crippen molar-refractivity contribution in [3.05, 3.63) is 47.0 Å². The summed E-state index contributed by atoms with van der Waals surface area (Å²) in [5, 5.41) is 4.33. The van der Waals surface area contributed by atoms with E-state index in [0.29, 0.717) is 11.1 Å². The number of allylic oxidation sites excluding steroid dienone is 1. The van der Waals surface area contributed by atoms with Crippen LogP contribution in [0.4, 0.5) is 4.39 Å². The van der Waals surface area contributed by atoms with Gasteiger partial charge in [0.15, 0.2) is 0 Å². The Balaban J connectivity index is 2.57. The normalized spacial score (nSPS) is 11.6. The van der Waals surface area contributed by atoms with E-state index in [4.69, 9.17) is 0 Å². The van der Waals surface area contributed by atoms with Gasteiger partial charge in [-0.1, -0.05) is 6.07 Å². The molecule has 0 aliphatic carbocycles. The number of esters is 1. The van der Waals surface area contributed by atoms with Crippen LogP contribution >= 0.6 is 0 Å². The highest BCUT2D eigenvalue weighted by molar-refractivity contribution is 5.91. The van der Waals surface area contributed by atoms with Gasteiger partial charge in [0.2, 0.25) is 0 Å². The molecule has 22 heavy (non-hydrogen) atoms. The molecule has 0 N–H and O–H groups in total. The van der Waals surface area contributed by atoms with Crippen LogP contribution in [0.1, 0.15) is 23.9 Å². The maximum absolute atomic E-state index is 14.3. The van der Waals surface area contributed by atoms with Crippen LogP contribution in [0.15, 0.2) is 24.3 Å². The zero-order valence-corrected chi connectivity index (χ0v) is 13.4. The van der Waals surface area contributed by atoms with E-state index in [9.17, 15) is 9.18 Å². The number of methoxy groups -OCH3 is 1. The van der Waals surface area contributed by atoms with Gasteiger partial charge in [-0.15, -0.1) is 0 Å². The average molecular weight is 302 g/mol. The molecule has 0 amide bonds. The topological polar surface area (TPSA) is 44.1 Å². The molecule has 5 heteroatoms. The summed E-state index contributed by atoms with van der Waals surface area (Å²) in [6.07, 6.45) is 1.39.